The molecule has 1 aromatic heterocycles. The number of hydrogen-bond donors (Lipinski definition) is 1. The zero-order chi connectivity index (χ0) is 19.2. The summed E-state index contributed by atoms with van der Waals surface area (Å²) in [5.41, 5.74) is 0.992. The first-order chi connectivity index (χ1) is 13.1. The third-order valence-electron chi connectivity index (χ3n) is 4.74. The zero-order valence-electron chi connectivity index (χ0n) is 15.6. The van der Waals surface area contributed by atoms with Gasteiger partial charge in [0.1, 0.15) is 11.5 Å². The Balaban J connectivity index is 1.62. The molecule has 3 rings (SSSR count). The van der Waals surface area contributed by atoms with Gasteiger partial charge in [0, 0.05) is 31.1 Å². The minimum atomic E-state index is -0.132. The number of likely N-dealkylation sites (tertiary alicyclic amines) is 1. The molecule has 1 N–H and O–H groups in total. The second-order valence-electron chi connectivity index (χ2n) is 6.34. The van der Waals surface area contributed by atoms with E-state index in [2.05, 4.69) is 5.32 Å². The Hall–Kier alpha value is -2.54. The number of thiophene rings is 1. The number of amides is 2. The SMILES string of the molecule is COc1ccc([C@@H]2CCCN2C(=O)CCNC(=O)c2cccs2)c(OC)c1. The van der Waals surface area contributed by atoms with E-state index in [1.807, 2.05) is 34.5 Å². The number of carbonyl (C=O) groups is 2. The van der Waals surface area contributed by atoms with Gasteiger partial charge in [-0.3, -0.25) is 9.59 Å². The molecule has 0 spiro atoms. The van der Waals surface area contributed by atoms with Crippen molar-refractivity contribution in [3.8, 4) is 11.5 Å². The summed E-state index contributed by atoms with van der Waals surface area (Å²) in [6.45, 7) is 1.05. The van der Waals surface area contributed by atoms with Gasteiger partial charge in [0.05, 0.1) is 25.1 Å². The van der Waals surface area contributed by atoms with Gasteiger partial charge >= 0.3 is 0 Å². The highest BCUT2D eigenvalue weighted by molar-refractivity contribution is 7.12. The summed E-state index contributed by atoms with van der Waals surface area (Å²) < 4.78 is 10.8. The summed E-state index contributed by atoms with van der Waals surface area (Å²) >= 11 is 1.39. The summed E-state index contributed by atoms with van der Waals surface area (Å²) in [5.74, 6) is 1.36. The van der Waals surface area contributed by atoms with Crippen LogP contribution in [0.25, 0.3) is 0 Å². The van der Waals surface area contributed by atoms with E-state index in [0.29, 0.717) is 11.4 Å². The summed E-state index contributed by atoms with van der Waals surface area (Å²) in [6.07, 6.45) is 2.13. The summed E-state index contributed by atoms with van der Waals surface area (Å²) in [7, 11) is 3.24. The van der Waals surface area contributed by atoms with Crippen LogP contribution in [0.1, 0.15) is 40.5 Å². The lowest BCUT2D eigenvalue weighted by Gasteiger charge is -2.26. The van der Waals surface area contributed by atoms with Gasteiger partial charge in [0.25, 0.3) is 5.91 Å². The molecule has 0 radical (unpaired) electrons. The molecule has 1 aliphatic rings. The van der Waals surface area contributed by atoms with Crippen LogP contribution in [0.15, 0.2) is 35.7 Å². The van der Waals surface area contributed by atoms with Crippen LogP contribution >= 0.6 is 11.3 Å². The van der Waals surface area contributed by atoms with E-state index in [9.17, 15) is 9.59 Å². The van der Waals surface area contributed by atoms with E-state index in [-0.39, 0.29) is 24.3 Å². The highest BCUT2D eigenvalue weighted by Gasteiger charge is 2.31. The van der Waals surface area contributed by atoms with Gasteiger partial charge in [-0.1, -0.05) is 6.07 Å². The van der Waals surface area contributed by atoms with E-state index >= 15 is 0 Å². The lowest BCUT2D eigenvalue weighted by atomic mass is 10.0. The molecule has 0 saturated carbocycles. The van der Waals surface area contributed by atoms with Crippen molar-refractivity contribution in [2.75, 3.05) is 27.3 Å². The van der Waals surface area contributed by atoms with Gasteiger partial charge in [-0.05, 0) is 36.4 Å². The monoisotopic (exact) mass is 388 g/mol. The third-order valence-corrected chi connectivity index (χ3v) is 5.61. The minimum absolute atomic E-state index is 0.00801. The molecule has 0 aliphatic carbocycles. The Labute approximate surface area is 163 Å². The van der Waals surface area contributed by atoms with Crippen molar-refractivity contribution in [3.63, 3.8) is 0 Å². The molecular formula is C20H24N2O4S. The first-order valence-electron chi connectivity index (χ1n) is 8.97. The normalized spacial score (nSPS) is 16.2. The number of hydrogen-bond acceptors (Lipinski definition) is 5. The van der Waals surface area contributed by atoms with Gasteiger partial charge in [-0.25, -0.2) is 0 Å². The average Bonchev–Trinajstić information content (AvgIpc) is 3.39. The first kappa shape index (κ1) is 19.2. The quantitative estimate of drug-likeness (QED) is 0.791. The zero-order valence-corrected chi connectivity index (χ0v) is 16.4. The number of rotatable bonds is 7. The van der Waals surface area contributed by atoms with E-state index in [4.69, 9.17) is 9.47 Å². The van der Waals surface area contributed by atoms with Crippen molar-refractivity contribution in [1.29, 1.82) is 0 Å². The maximum atomic E-state index is 12.7. The summed E-state index contributed by atoms with van der Waals surface area (Å²) in [5, 5.41) is 4.67. The van der Waals surface area contributed by atoms with Crippen LogP contribution in [0.5, 0.6) is 11.5 Å². The van der Waals surface area contributed by atoms with Crippen LogP contribution in [-0.4, -0.2) is 44.0 Å². The fraction of sp³-hybridized carbons (Fsp3) is 0.400. The molecule has 27 heavy (non-hydrogen) atoms. The number of nitrogens with zero attached hydrogens (tertiary/aromatic N) is 1. The predicted molar refractivity (Wildman–Crippen MR) is 105 cm³/mol. The largest absolute Gasteiger partial charge is 0.497 e. The Kier molecular flexibility index (Phi) is 6.34. The lowest BCUT2D eigenvalue weighted by molar-refractivity contribution is -0.132. The first-order valence-corrected chi connectivity index (χ1v) is 9.85. The number of methoxy groups -OCH3 is 2. The van der Waals surface area contributed by atoms with Crippen LogP contribution < -0.4 is 14.8 Å². The van der Waals surface area contributed by atoms with Crippen molar-refractivity contribution in [2.45, 2.75) is 25.3 Å². The summed E-state index contributed by atoms with van der Waals surface area (Å²) in [6, 6.07) is 9.30. The van der Waals surface area contributed by atoms with E-state index in [1.54, 1.807) is 20.3 Å². The van der Waals surface area contributed by atoms with Crippen molar-refractivity contribution in [3.05, 3.63) is 46.2 Å². The van der Waals surface area contributed by atoms with E-state index < -0.39 is 0 Å². The van der Waals surface area contributed by atoms with Crippen LogP contribution in [-0.2, 0) is 4.79 Å². The molecule has 0 unspecified atom stereocenters. The lowest BCUT2D eigenvalue weighted by Crippen LogP contribution is -2.34. The molecular weight excluding hydrogens is 364 g/mol. The van der Waals surface area contributed by atoms with Crippen molar-refractivity contribution >= 4 is 23.2 Å². The molecule has 2 aromatic rings. The Morgan fingerprint density at radius 2 is 2.11 bits per heavy atom. The Bertz CT molecular complexity index is 791. The molecule has 1 fully saturated rings. The second-order valence-corrected chi connectivity index (χ2v) is 7.28. The molecule has 6 nitrogen and oxygen atoms in total. The van der Waals surface area contributed by atoms with Gasteiger partial charge in [0.15, 0.2) is 0 Å². The topological polar surface area (TPSA) is 67.9 Å². The fourth-order valence-electron chi connectivity index (χ4n) is 3.40. The molecule has 2 amide bonds. The molecule has 7 heteroatoms. The highest BCUT2D eigenvalue weighted by Crippen LogP contribution is 2.38. The number of benzene rings is 1. The van der Waals surface area contributed by atoms with Crippen LogP contribution in [0.2, 0.25) is 0 Å². The van der Waals surface area contributed by atoms with Crippen LogP contribution in [0.4, 0.5) is 0 Å². The van der Waals surface area contributed by atoms with E-state index in [0.717, 1.165) is 36.4 Å². The predicted octanol–water partition coefficient (Wildman–Crippen LogP) is 3.25. The van der Waals surface area contributed by atoms with E-state index in [1.165, 1.54) is 11.3 Å². The number of carbonyl (C=O) groups excluding carboxylic acids is 2. The number of ether oxygens (including phenoxy) is 2. The molecule has 1 saturated heterocycles. The smallest absolute Gasteiger partial charge is 0.261 e. The second kappa shape index (κ2) is 8.90. The molecule has 1 atom stereocenters. The van der Waals surface area contributed by atoms with Crippen molar-refractivity contribution in [2.24, 2.45) is 0 Å². The highest BCUT2D eigenvalue weighted by atomic mass is 32.1. The van der Waals surface area contributed by atoms with Gasteiger partial charge in [0.2, 0.25) is 5.91 Å². The fourth-order valence-corrected chi connectivity index (χ4v) is 4.04. The number of nitrogens with one attached hydrogen (secondary N) is 1. The van der Waals surface area contributed by atoms with Crippen LogP contribution in [0, 0.1) is 0 Å². The standard InChI is InChI=1S/C20H24N2O4S/c1-25-14-7-8-15(17(13-14)26-2)16-5-3-11-22(16)19(23)9-10-21-20(24)18-6-4-12-27-18/h4,6-8,12-13,16H,3,5,9-11H2,1-2H3,(H,21,24)/t16-/m0/s1. The molecule has 1 aliphatic heterocycles. The maximum absolute atomic E-state index is 12.7. The molecule has 0 bridgehead atoms. The molecule has 1 aromatic carbocycles. The summed E-state index contributed by atoms with van der Waals surface area (Å²) in [4.78, 5) is 27.3. The van der Waals surface area contributed by atoms with Gasteiger partial charge in [-0.2, -0.15) is 0 Å². The molecule has 144 valence electrons. The average molecular weight is 388 g/mol. The van der Waals surface area contributed by atoms with Crippen molar-refractivity contribution < 1.29 is 19.1 Å². The minimum Gasteiger partial charge on any atom is -0.497 e. The third kappa shape index (κ3) is 4.42. The molecule has 2 heterocycles. The van der Waals surface area contributed by atoms with Gasteiger partial charge < -0.3 is 19.7 Å². The maximum Gasteiger partial charge on any atom is 0.261 e. The Morgan fingerprint density at radius 1 is 1.26 bits per heavy atom. The Morgan fingerprint density at radius 3 is 2.81 bits per heavy atom. The van der Waals surface area contributed by atoms with Crippen molar-refractivity contribution in [1.82, 2.24) is 10.2 Å². The van der Waals surface area contributed by atoms with Crippen LogP contribution in [0.3, 0.4) is 0 Å². The van der Waals surface area contributed by atoms with Gasteiger partial charge in [-0.15, -0.1) is 11.3 Å².